The second-order valence-electron chi connectivity index (χ2n) is 6.26. The van der Waals surface area contributed by atoms with E-state index in [4.69, 9.17) is 0 Å². The number of carbonyl (C=O) groups excluding carboxylic acids is 3. The zero-order chi connectivity index (χ0) is 17.0. The Morgan fingerprint density at radius 2 is 1.62 bits per heavy atom. The van der Waals surface area contributed by atoms with Gasteiger partial charge in [0.1, 0.15) is 0 Å². The smallest absolute Gasteiger partial charge is 0.270 e. The number of benzene rings is 1. The highest BCUT2D eigenvalue weighted by molar-refractivity contribution is 6.08. The summed E-state index contributed by atoms with van der Waals surface area (Å²) in [6.07, 6.45) is 4.76. The fourth-order valence-corrected chi connectivity index (χ4v) is 3.91. The first kappa shape index (κ1) is 14.6. The molecule has 4 unspecified atom stereocenters. The van der Waals surface area contributed by atoms with Gasteiger partial charge < -0.3 is 0 Å². The predicted octanol–water partition coefficient (Wildman–Crippen LogP) is 1.05. The lowest BCUT2D eigenvalue weighted by molar-refractivity contribution is -0.384. The number of nitrogens with zero attached hydrogens (tertiary/aromatic N) is 2. The van der Waals surface area contributed by atoms with Crippen molar-refractivity contribution in [2.24, 2.45) is 23.7 Å². The van der Waals surface area contributed by atoms with Crippen LogP contribution in [0.3, 0.4) is 0 Å². The third-order valence-corrected chi connectivity index (χ3v) is 5.02. The Hall–Kier alpha value is -3.03. The molecule has 122 valence electrons. The third-order valence-electron chi connectivity index (χ3n) is 5.02. The van der Waals surface area contributed by atoms with Crippen LogP contribution in [-0.2, 0) is 9.59 Å². The predicted molar refractivity (Wildman–Crippen MR) is 80.1 cm³/mol. The van der Waals surface area contributed by atoms with Crippen LogP contribution in [0.5, 0.6) is 0 Å². The van der Waals surface area contributed by atoms with Gasteiger partial charge in [0.05, 0.1) is 16.8 Å². The monoisotopic (exact) mass is 327 g/mol. The summed E-state index contributed by atoms with van der Waals surface area (Å²) < 4.78 is 0. The Morgan fingerprint density at radius 3 is 2.12 bits per heavy atom. The Labute approximate surface area is 136 Å². The lowest BCUT2D eigenvalue weighted by Crippen LogP contribution is -2.47. The molecule has 1 N–H and O–H groups in total. The highest BCUT2D eigenvalue weighted by Crippen LogP contribution is 2.52. The Bertz CT molecular complexity index is 770. The first-order valence-corrected chi connectivity index (χ1v) is 7.59. The van der Waals surface area contributed by atoms with Crippen LogP contribution in [0.4, 0.5) is 5.69 Å². The molecule has 1 saturated heterocycles. The molecule has 0 radical (unpaired) electrons. The summed E-state index contributed by atoms with van der Waals surface area (Å²) >= 11 is 0. The summed E-state index contributed by atoms with van der Waals surface area (Å²) in [5, 5.41) is 11.4. The zero-order valence-electron chi connectivity index (χ0n) is 12.4. The van der Waals surface area contributed by atoms with Crippen molar-refractivity contribution in [2.75, 3.05) is 0 Å². The van der Waals surface area contributed by atoms with Gasteiger partial charge in [0.15, 0.2) is 0 Å². The normalized spacial score (nSPS) is 29.9. The molecule has 1 heterocycles. The number of nitro benzene ring substituents is 1. The quantitative estimate of drug-likeness (QED) is 0.386. The number of non-ortho nitro benzene ring substituents is 1. The van der Waals surface area contributed by atoms with Gasteiger partial charge in [-0.05, 0) is 30.4 Å². The Morgan fingerprint density at radius 1 is 1.08 bits per heavy atom. The molecule has 2 fully saturated rings. The summed E-state index contributed by atoms with van der Waals surface area (Å²) in [6, 6.07) is 4.96. The molecule has 8 heteroatoms. The van der Waals surface area contributed by atoms with E-state index in [-0.39, 0.29) is 46.7 Å². The van der Waals surface area contributed by atoms with Crippen molar-refractivity contribution < 1.29 is 19.3 Å². The molecule has 1 saturated carbocycles. The number of fused-ring (bicyclic) bond motifs is 5. The second kappa shape index (κ2) is 4.98. The summed E-state index contributed by atoms with van der Waals surface area (Å²) in [5.41, 5.74) is 2.34. The van der Waals surface area contributed by atoms with Crippen molar-refractivity contribution in [2.45, 2.75) is 6.42 Å². The van der Waals surface area contributed by atoms with E-state index in [1.54, 1.807) is 0 Å². The van der Waals surface area contributed by atoms with Crippen molar-refractivity contribution in [1.29, 1.82) is 0 Å². The number of hydrogen-bond acceptors (Lipinski definition) is 5. The molecule has 2 bridgehead atoms. The van der Waals surface area contributed by atoms with Crippen molar-refractivity contribution in [3.63, 3.8) is 0 Å². The van der Waals surface area contributed by atoms with E-state index in [1.807, 2.05) is 12.2 Å². The van der Waals surface area contributed by atoms with Gasteiger partial charge >= 0.3 is 0 Å². The maximum absolute atomic E-state index is 12.5. The minimum Gasteiger partial charge on any atom is -0.272 e. The van der Waals surface area contributed by atoms with E-state index in [0.717, 1.165) is 11.4 Å². The lowest BCUT2D eigenvalue weighted by atomic mass is 9.85. The number of hydrazine groups is 1. The maximum Gasteiger partial charge on any atom is 0.270 e. The summed E-state index contributed by atoms with van der Waals surface area (Å²) in [6.45, 7) is 0. The van der Waals surface area contributed by atoms with E-state index < -0.39 is 10.8 Å². The number of imide groups is 1. The van der Waals surface area contributed by atoms with Gasteiger partial charge in [0.2, 0.25) is 0 Å². The van der Waals surface area contributed by atoms with Crippen molar-refractivity contribution in [3.8, 4) is 0 Å². The van der Waals surface area contributed by atoms with Gasteiger partial charge in [-0.15, -0.1) is 0 Å². The maximum atomic E-state index is 12.5. The number of nitro groups is 1. The third kappa shape index (κ3) is 1.96. The van der Waals surface area contributed by atoms with Crippen LogP contribution < -0.4 is 5.43 Å². The van der Waals surface area contributed by atoms with Gasteiger partial charge in [0.25, 0.3) is 23.4 Å². The number of allylic oxidation sites excluding steroid dienone is 2. The Balaban J connectivity index is 1.51. The highest BCUT2D eigenvalue weighted by atomic mass is 16.6. The molecular weight excluding hydrogens is 314 g/mol. The molecule has 0 spiro atoms. The minimum atomic E-state index is -0.646. The van der Waals surface area contributed by atoms with Crippen LogP contribution in [0.25, 0.3) is 0 Å². The van der Waals surface area contributed by atoms with E-state index in [1.165, 1.54) is 24.3 Å². The van der Waals surface area contributed by atoms with Crippen LogP contribution in [0.15, 0.2) is 36.4 Å². The first-order valence-electron chi connectivity index (χ1n) is 7.59. The number of rotatable bonds is 3. The molecule has 3 amide bonds. The summed E-state index contributed by atoms with van der Waals surface area (Å²) in [7, 11) is 0. The molecule has 1 aromatic rings. The van der Waals surface area contributed by atoms with E-state index in [2.05, 4.69) is 5.43 Å². The Kier molecular flexibility index (Phi) is 3.02. The van der Waals surface area contributed by atoms with Gasteiger partial charge in [0, 0.05) is 17.7 Å². The lowest BCUT2D eigenvalue weighted by Gasteiger charge is -2.17. The minimum absolute atomic E-state index is 0.0673. The van der Waals surface area contributed by atoms with Crippen LogP contribution >= 0.6 is 0 Å². The molecule has 0 aromatic heterocycles. The van der Waals surface area contributed by atoms with Crippen LogP contribution in [0, 0.1) is 33.8 Å². The molecule has 8 nitrogen and oxygen atoms in total. The molecule has 2 aliphatic carbocycles. The second-order valence-corrected chi connectivity index (χ2v) is 6.26. The molecule has 4 rings (SSSR count). The first-order chi connectivity index (χ1) is 11.5. The van der Waals surface area contributed by atoms with Crippen molar-refractivity contribution in [1.82, 2.24) is 10.4 Å². The average molecular weight is 327 g/mol. The molecule has 3 aliphatic rings. The van der Waals surface area contributed by atoms with Crippen LogP contribution in [0.1, 0.15) is 16.8 Å². The SMILES string of the molecule is O=C(NN1C(=O)C2C3C=CC(C3)C2C1=O)c1ccc([N+](=O)[O-])cc1. The number of hydrogen-bond donors (Lipinski definition) is 1. The van der Waals surface area contributed by atoms with Gasteiger partial charge in [-0.3, -0.25) is 29.9 Å². The molecule has 1 aromatic carbocycles. The van der Waals surface area contributed by atoms with Gasteiger partial charge in [-0.2, -0.15) is 5.01 Å². The summed E-state index contributed by atoms with van der Waals surface area (Å²) in [5.74, 6) is -2.04. The largest absolute Gasteiger partial charge is 0.272 e. The average Bonchev–Trinajstić information content (AvgIpc) is 3.24. The fourth-order valence-electron chi connectivity index (χ4n) is 3.91. The van der Waals surface area contributed by atoms with Crippen LogP contribution in [-0.4, -0.2) is 27.7 Å². The number of amides is 3. The summed E-state index contributed by atoms with van der Waals surface area (Å²) in [4.78, 5) is 47.2. The van der Waals surface area contributed by atoms with Crippen molar-refractivity contribution in [3.05, 3.63) is 52.1 Å². The molecular formula is C16H13N3O5. The topological polar surface area (TPSA) is 110 Å². The van der Waals surface area contributed by atoms with E-state index in [0.29, 0.717) is 0 Å². The molecule has 1 aliphatic heterocycles. The number of carbonyl (C=O) groups is 3. The van der Waals surface area contributed by atoms with Crippen molar-refractivity contribution >= 4 is 23.4 Å². The fraction of sp³-hybridized carbons (Fsp3) is 0.312. The van der Waals surface area contributed by atoms with Crippen LogP contribution in [0.2, 0.25) is 0 Å². The van der Waals surface area contributed by atoms with Gasteiger partial charge in [-0.25, -0.2) is 0 Å². The highest BCUT2D eigenvalue weighted by Gasteiger charge is 2.59. The molecule has 4 atom stereocenters. The number of nitrogens with one attached hydrogen (secondary N) is 1. The van der Waals surface area contributed by atoms with E-state index >= 15 is 0 Å². The zero-order valence-corrected chi connectivity index (χ0v) is 12.4. The van der Waals surface area contributed by atoms with E-state index in [9.17, 15) is 24.5 Å². The molecule has 24 heavy (non-hydrogen) atoms. The van der Waals surface area contributed by atoms with Gasteiger partial charge in [-0.1, -0.05) is 12.2 Å². The standard InChI is InChI=1S/C16H13N3O5/c20-14(8-3-5-11(6-4-8)19(23)24)17-18-15(21)12-9-1-2-10(7-9)13(12)16(18)22/h1-6,9-10,12-13H,7H2,(H,17,20).